The zero-order valence-corrected chi connectivity index (χ0v) is 11.8. The van der Waals surface area contributed by atoms with E-state index in [1.54, 1.807) is 13.8 Å². The van der Waals surface area contributed by atoms with Gasteiger partial charge < -0.3 is 11.5 Å². The van der Waals surface area contributed by atoms with E-state index in [0.717, 1.165) is 0 Å². The van der Waals surface area contributed by atoms with Crippen molar-refractivity contribution in [1.29, 1.82) is 0 Å². The molecular weight excluding hydrogens is 294 g/mol. The summed E-state index contributed by atoms with van der Waals surface area (Å²) in [4.78, 5) is 48.9. The molecule has 0 saturated heterocycles. The van der Waals surface area contributed by atoms with Gasteiger partial charge in [-0.25, -0.2) is 20.4 Å². The van der Waals surface area contributed by atoms with Crippen molar-refractivity contribution in [3.63, 3.8) is 0 Å². The molecule has 0 bridgehead atoms. The Morgan fingerprint density at radius 2 is 1.18 bits per heavy atom. The fourth-order valence-corrected chi connectivity index (χ4v) is 1.56. The van der Waals surface area contributed by atoms with Crippen molar-refractivity contribution in [2.75, 3.05) is 0 Å². The number of hydrogen-bond donors (Lipinski definition) is 6. The van der Waals surface area contributed by atoms with Gasteiger partial charge in [0.2, 0.25) is 0 Å². The number of rotatable bonds is 2. The number of nitrogens with one attached hydrogen (secondary N) is 4. The minimum absolute atomic E-state index is 0.0450. The summed E-state index contributed by atoms with van der Waals surface area (Å²) in [7, 11) is 0. The number of urea groups is 2. The van der Waals surface area contributed by atoms with Crippen LogP contribution in [0, 0.1) is 13.8 Å². The van der Waals surface area contributed by atoms with Crippen molar-refractivity contribution in [3.05, 3.63) is 28.6 Å². The second-order valence-electron chi connectivity index (χ2n) is 4.14. The van der Waals surface area contributed by atoms with Crippen LogP contribution in [0.3, 0.4) is 0 Å². The summed E-state index contributed by atoms with van der Waals surface area (Å²) in [5.41, 5.74) is 18.3. The standard InChI is InChI=1S/C11H15N7O4/c1-4-6(8(19)15-17-10(12)21)3-7(5(2)14-4)9(20)16-18-11(13)22/h3H,1-2H3,(H,15,19)(H,16,20)(H3,12,17,21)(H3,13,18,22). The van der Waals surface area contributed by atoms with Gasteiger partial charge >= 0.3 is 12.1 Å². The first-order chi connectivity index (χ1) is 10.2. The van der Waals surface area contributed by atoms with Gasteiger partial charge in [0.1, 0.15) is 0 Å². The number of primary amides is 2. The number of nitrogens with two attached hydrogens (primary N) is 2. The molecule has 8 N–H and O–H groups in total. The molecule has 0 saturated carbocycles. The second kappa shape index (κ2) is 6.88. The molecule has 0 aliphatic heterocycles. The summed E-state index contributed by atoms with van der Waals surface area (Å²) in [5.74, 6) is -1.42. The van der Waals surface area contributed by atoms with Crippen LogP contribution >= 0.6 is 0 Å². The molecule has 1 heterocycles. The van der Waals surface area contributed by atoms with Gasteiger partial charge in [0, 0.05) is 0 Å². The molecule has 6 amide bonds. The molecular formula is C11H15N7O4. The maximum atomic E-state index is 11.9. The van der Waals surface area contributed by atoms with E-state index in [9.17, 15) is 19.2 Å². The molecule has 0 unspecified atom stereocenters. The van der Waals surface area contributed by atoms with Gasteiger partial charge in [-0.15, -0.1) is 0 Å². The Morgan fingerprint density at radius 1 is 0.818 bits per heavy atom. The van der Waals surface area contributed by atoms with E-state index in [-0.39, 0.29) is 11.1 Å². The van der Waals surface area contributed by atoms with E-state index in [1.165, 1.54) is 6.07 Å². The van der Waals surface area contributed by atoms with E-state index < -0.39 is 23.9 Å². The van der Waals surface area contributed by atoms with Gasteiger partial charge in [0.25, 0.3) is 11.8 Å². The second-order valence-corrected chi connectivity index (χ2v) is 4.14. The number of nitrogens with zero attached hydrogens (tertiary/aromatic N) is 1. The van der Waals surface area contributed by atoms with Gasteiger partial charge in [-0.1, -0.05) is 0 Å². The predicted octanol–water partition coefficient (Wildman–Crippen LogP) is -1.68. The first-order valence-electron chi connectivity index (χ1n) is 5.92. The molecule has 11 nitrogen and oxygen atoms in total. The van der Waals surface area contributed by atoms with E-state index in [4.69, 9.17) is 11.5 Å². The monoisotopic (exact) mass is 309 g/mol. The topological polar surface area (TPSA) is 181 Å². The number of pyridine rings is 1. The van der Waals surface area contributed by atoms with Crippen molar-refractivity contribution >= 4 is 23.9 Å². The highest BCUT2D eigenvalue weighted by atomic mass is 16.2. The summed E-state index contributed by atoms with van der Waals surface area (Å²) in [5, 5.41) is 0. The van der Waals surface area contributed by atoms with Crippen LogP contribution in [0.5, 0.6) is 0 Å². The lowest BCUT2D eigenvalue weighted by Crippen LogP contribution is -2.45. The largest absolute Gasteiger partial charge is 0.350 e. The van der Waals surface area contributed by atoms with Gasteiger partial charge in [-0.2, -0.15) is 0 Å². The van der Waals surface area contributed by atoms with Crippen LogP contribution in [-0.4, -0.2) is 28.9 Å². The molecule has 0 fully saturated rings. The van der Waals surface area contributed by atoms with Crippen molar-refractivity contribution < 1.29 is 19.2 Å². The van der Waals surface area contributed by atoms with E-state index in [0.29, 0.717) is 11.4 Å². The first-order valence-corrected chi connectivity index (χ1v) is 5.92. The Bertz CT molecular complexity index is 592. The quantitative estimate of drug-likeness (QED) is 0.356. The molecule has 22 heavy (non-hydrogen) atoms. The van der Waals surface area contributed by atoms with Crippen LogP contribution < -0.4 is 33.2 Å². The molecule has 1 aromatic heterocycles. The van der Waals surface area contributed by atoms with Crippen LogP contribution in [0.15, 0.2) is 6.07 Å². The summed E-state index contributed by atoms with van der Waals surface area (Å²) in [6.07, 6.45) is 0. The lowest BCUT2D eigenvalue weighted by molar-refractivity contribution is 0.0935. The SMILES string of the molecule is Cc1nc(C)c(C(=O)NNC(N)=O)cc1C(=O)NNC(N)=O. The van der Waals surface area contributed by atoms with Crippen LogP contribution in [0.2, 0.25) is 0 Å². The third-order valence-corrected chi connectivity index (χ3v) is 2.49. The molecule has 118 valence electrons. The first kappa shape index (κ1) is 16.7. The Morgan fingerprint density at radius 3 is 1.50 bits per heavy atom. The Balaban J connectivity index is 3.03. The third-order valence-electron chi connectivity index (χ3n) is 2.49. The number of aryl methyl sites for hydroxylation is 2. The van der Waals surface area contributed by atoms with Gasteiger partial charge in [0.05, 0.1) is 22.5 Å². The molecule has 0 spiro atoms. The van der Waals surface area contributed by atoms with Crippen molar-refractivity contribution in [1.82, 2.24) is 26.7 Å². The fourth-order valence-electron chi connectivity index (χ4n) is 1.56. The smallest absolute Gasteiger partial charge is 0.330 e. The van der Waals surface area contributed by atoms with Crippen LogP contribution in [0.4, 0.5) is 9.59 Å². The lowest BCUT2D eigenvalue weighted by atomic mass is 10.1. The minimum Gasteiger partial charge on any atom is -0.350 e. The summed E-state index contributed by atoms with van der Waals surface area (Å²) < 4.78 is 0. The number of amides is 6. The molecule has 1 rings (SSSR count). The lowest BCUT2D eigenvalue weighted by Gasteiger charge is -2.12. The number of aromatic nitrogens is 1. The molecule has 0 radical (unpaired) electrons. The number of hydrogen-bond acceptors (Lipinski definition) is 5. The highest BCUT2D eigenvalue weighted by molar-refractivity contribution is 6.01. The predicted molar refractivity (Wildman–Crippen MR) is 74.1 cm³/mol. The van der Waals surface area contributed by atoms with Crippen LogP contribution in [0.25, 0.3) is 0 Å². The molecule has 1 aromatic rings. The normalized spacial score (nSPS) is 9.55. The van der Waals surface area contributed by atoms with Crippen molar-refractivity contribution in [2.24, 2.45) is 11.5 Å². The van der Waals surface area contributed by atoms with E-state index in [1.807, 2.05) is 10.9 Å². The van der Waals surface area contributed by atoms with Crippen LogP contribution in [0.1, 0.15) is 32.1 Å². The average Bonchev–Trinajstić information content (AvgIpc) is 2.42. The summed E-state index contributed by atoms with van der Waals surface area (Å²) in [6.45, 7) is 3.10. The highest BCUT2D eigenvalue weighted by Crippen LogP contribution is 2.12. The van der Waals surface area contributed by atoms with Gasteiger partial charge in [-0.3, -0.25) is 25.4 Å². The zero-order chi connectivity index (χ0) is 16.9. The van der Waals surface area contributed by atoms with Crippen molar-refractivity contribution in [2.45, 2.75) is 13.8 Å². The molecule has 0 aromatic carbocycles. The summed E-state index contributed by atoms with van der Waals surface area (Å²) in [6, 6.07) is -0.641. The molecule has 0 atom stereocenters. The van der Waals surface area contributed by atoms with E-state index in [2.05, 4.69) is 15.8 Å². The third kappa shape index (κ3) is 4.33. The number of carbonyl (C=O) groups is 4. The Hall–Kier alpha value is -3.37. The van der Waals surface area contributed by atoms with Gasteiger partial charge in [0.15, 0.2) is 0 Å². The van der Waals surface area contributed by atoms with Gasteiger partial charge in [-0.05, 0) is 19.9 Å². The zero-order valence-electron chi connectivity index (χ0n) is 11.8. The Labute approximate surface area is 124 Å². The minimum atomic E-state index is -0.949. The Kier molecular flexibility index (Phi) is 5.21. The van der Waals surface area contributed by atoms with Crippen LogP contribution in [-0.2, 0) is 0 Å². The number of hydrazine groups is 2. The van der Waals surface area contributed by atoms with E-state index >= 15 is 0 Å². The highest BCUT2D eigenvalue weighted by Gasteiger charge is 2.17. The summed E-state index contributed by atoms with van der Waals surface area (Å²) >= 11 is 0. The molecule has 0 aliphatic rings. The fraction of sp³-hybridized carbons (Fsp3) is 0.182. The van der Waals surface area contributed by atoms with Crippen molar-refractivity contribution in [3.8, 4) is 0 Å². The average molecular weight is 309 g/mol. The molecule has 11 heteroatoms. The number of carbonyl (C=O) groups excluding carboxylic acids is 4. The maximum Gasteiger partial charge on any atom is 0.330 e. The molecule has 0 aliphatic carbocycles. The maximum absolute atomic E-state index is 11.9.